The van der Waals surface area contributed by atoms with Crippen LogP contribution < -0.4 is 0 Å². The maximum Gasteiger partial charge on any atom is 0.303 e. The van der Waals surface area contributed by atoms with Crippen molar-refractivity contribution in [3.8, 4) is 0 Å². The van der Waals surface area contributed by atoms with Crippen LogP contribution in [0.15, 0.2) is 30.3 Å². The molecule has 2 atom stereocenters. The van der Waals surface area contributed by atoms with Gasteiger partial charge in [0.05, 0.1) is 12.7 Å². The van der Waals surface area contributed by atoms with Gasteiger partial charge in [-0.2, -0.15) is 22.8 Å². The van der Waals surface area contributed by atoms with E-state index in [2.05, 4.69) is 39.0 Å². The van der Waals surface area contributed by atoms with Crippen molar-refractivity contribution in [3.63, 3.8) is 0 Å². The fourth-order valence-electron chi connectivity index (χ4n) is 4.09. The molecule has 0 amide bonds. The van der Waals surface area contributed by atoms with Gasteiger partial charge >= 0.3 is 5.97 Å². The molecule has 2 aromatic carbocycles. The molecule has 0 aromatic heterocycles. The zero-order valence-corrected chi connectivity index (χ0v) is 19.3. The van der Waals surface area contributed by atoms with Crippen LogP contribution in [0.5, 0.6) is 0 Å². The standard InChI is InChI=1S/C23H27O3.Y/c1-15-13-16(2)20-11-9-19(10-12-21(24)25)23(22(20)17(15)3)26-14-18-7-5-4-6-8-18;/h4-8,19,23H,9-12,14H2,1-3H3,(H,24,25);/q-1;. The van der Waals surface area contributed by atoms with Gasteiger partial charge in [0.1, 0.15) is 0 Å². The van der Waals surface area contributed by atoms with Crippen LogP contribution >= 0.6 is 0 Å². The maximum atomic E-state index is 11.1. The van der Waals surface area contributed by atoms with Crippen LogP contribution in [0, 0.1) is 32.8 Å². The minimum Gasteiger partial charge on any atom is -0.481 e. The number of aliphatic carboxylic acids is 1. The van der Waals surface area contributed by atoms with Gasteiger partial charge in [0.2, 0.25) is 0 Å². The molecular weight excluding hydrogens is 413 g/mol. The van der Waals surface area contributed by atoms with Crippen molar-refractivity contribution < 1.29 is 47.3 Å². The van der Waals surface area contributed by atoms with Gasteiger partial charge in [-0.25, -0.2) is 0 Å². The number of hydrogen-bond donors (Lipinski definition) is 1. The summed E-state index contributed by atoms with van der Waals surface area (Å²) in [7, 11) is 0. The Kier molecular flexibility index (Phi) is 8.21. The molecule has 1 radical (unpaired) electrons. The summed E-state index contributed by atoms with van der Waals surface area (Å²) in [6.45, 7) is 6.90. The van der Waals surface area contributed by atoms with E-state index in [0.29, 0.717) is 13.0 Å². The van der Waals surface area contributed by atoms with Crippen LogP contribution in [-0.2, 0) is 55.3 Å². The summed E-state index contributed by atoms with van der Waals surface area (Å²) in [6, 6.07) is 13.6. The van der Waals surface area contributed by atoms with Gasteiger partial charge in [-0.1, -0.05) is 63.9 Å². The molecule has 1 aliphatic rings. The number of fused-ring (bicyclic) bond motifs is 1. The number of carbonyl (C=O) groups is 1. The van der Waals surface area contributed by atoms with Crippen molar-refractivity contribution in [3.05, 3.63) is 69.8 Å². The number of hydrogen-bond acceptors (Lipinski definition) is 2. The van der Waals surface area contributed by atoms with E-state index < -0.39 is 5.97 Å². The first-order valence-corrected chi connectivity index (χ1v) is 9.36. The van der Waals surface area contributed by atoms with Crippen LogP contribution in [0.2, 0.25) is 0 Å². The normalized spacial score (nSPS) is 18.5. The van der Waals surface area contributed by atoms with E-state index in [9.17, 15) is 4.79 Å². The van der Waals surface area contributed by atoms with E-state index in [1.807, 2.05) is 18.2 Å². The van der Waals surface area contributed by atoms with Gasteiger partial charge in [-0.05, 0) is 17.9 Å². The molecule has 27 heavy (non-hydrogen) atoms. The summed E-state index contributed by atoms with van der Waals surface area (Å²) in [5, 5.41) is 9.13. The van der Waals surface area contributed by atoms with Crippen molar-refractivity contribution >= 4 is 5.97 Å². The summed E-state index contributed by atoms with van der Waals surface area (Å²) in [6.07, 6.45) is 2.75. The van der Waals surface area contributed by atoms with Crippen molar-refractivity contribution in [1.29, 1.82) is 0 Å². The van der Waals surface area contributed by atoms with E-state index in [1.54, 1.807) is 0 Å². The van der Waals surface area contributed by atoms with E-state index in [0.717, 1.165) is 24.0 Å². The monoisotopic (exact) mass is 440 g/mol. The number of aryl methyl sites for hydroxylation is 2. The molecule has 3 nitrogen and oxygen atoms in total. The van der Waals surface area contributed by atoms with E-state index in [-0.39, 0.29) is 51.2 Å². The predicted molar refractivity (Wildman–Crippen MR) is 102 cm³/mol. The van der Waals surface area contributed by atoms with Crippen molar-refractivity contribution in [2.75, 3.05) is 0 Å². The maximum absolute atomic E-state index is 11.1. The van der Waals surface area contributed by atoms with Crippen LogP contribution in [0.3, 0.4) is 0 Å². The smallest absolute Gasteiger partial charge is 0.303 e. The molecule has 3 rings (SSSR count). The van der Waals surface area contributed by atoms with Crippen molar-refractivity contribution in [1.82, 2.24) is 0 Å². The van der Waals surface area contributed by atoms with Gasteiger partial charge in [-0.3, -0.25) is 4.79 Å². The minimum absolute atomic E-state index is 0. The predicted octanol–water partition coefficient (Wildman–Crippen LogP) is 5.09. The van der Waals surface area contributed by atoms with Gasteiger partial charge < -0.3 is 9.84 Å². The Morgan fingerprint density at radius 2 is 1.89 bits per heavy atom. The molecule has 0 spiro atoms. The van der Waals surface area contributed by atoms with Crippen LogP contribution in [0.1, 0.15) is 58.7 Å². The number of ether oxygens (including phenoxy) is 1. The number of carboxylic acids is 1. The Morgan fingerprint density at radius 1 is 1.19 bits per heavy atom. The molecule has 0 aliphatic heterocycles. The Bertz CT molecular complexity index is 786. The second-order valence-electron chi connectivity index (χ2n) is 7.34. The SMILES string of the molecule is Cc1[c-]c(C)c2c(c1C)C(OCc1ccccc1)C(CCC(=O)O)CC2.[Y]. The molecule has 0 heterocycles. The Balaban J connectivity index is 0.00000261. The summed E-state index contributed by atoms with van der Waals surface area (Å²) >= 11 is 0. The first-order valence-electron chi connectivity index (χ1n) is 9.36. The fraction of sp³-hybridized carbons (Fsp3) is 0.435. The summed E-state index contributed by atoms with van der Waals surface area (Å²) in [5.41, 5.74) is 7.37. The second-order valence-corrected chi connectivity index (χ2v) is 7.34. The summed E-state index contributed by atoms with van der Waals surface area (Å²) < 4.78 is 6.42. The molecule has 0 bridgehead atoms. The zero-order valence-electron chi connectivity index (χ0n) is 16.4. The van der Waals surface area contributed by atoms with Crippen molar-refractivity contribution in [2.24, 2.45) is 5.92 Å². The molecule has 4 heteroatoms. The molecule has 0 fully saturated rings. The van der Waals surface area contributed by atoms with Crippen molar-refractivity contribution in [2.45, 2.75) is 59.2 Å². The van der Waals surface area contributed by atoms with Gasteiger partial charge in [0.15, 0.2) is 0 Å². The van der Waals surface area contributed by atoms with E-state index in [4.69, 9.17) is 9.84 Å². The van der Waals surface area contributed by atoms with Gasteiger partial charge in [0, 0.05) is 39.1 Å². The average Bonchev–Trinajstić information content (AvgIpc) is 2.63. The van der Waals surface area contributed by atoms with E-state index >= 15 is 0 Å². The van der Waals surface area contributed by atoms with E-state index in [1.165, 1.54) is 22.3 Å². The largest absolute Gasteiger partial charge is 0.481 e. The number of carboxylic acid groups (broad SMARTS) is 1. The summed E-state index contributed by atoms with van der Waals surface area (Å²) in [5.74, 6) is -0.495. The molecule has 1 aliphatic carbocycles. The van der Waals surface area contributed by atoms with Gasteiger partial charge in [-0.15, -0.1) is 11.1 Å². The minimum atomic E-state index is -0.733. The Hall–Kier alpha value is -1.03. The first-order chi connectivity index (χ1) is 12.5. The summed E-state index contributed by atoms with van der Waals surface area (Å²) in [4.78, 5) is 11.1. The molecule has 0 saturated carbocycles. The molecule has 2 unspecified atom stereocenters. The van der Waals surface area contributed by atoms with Crippen LogP contribution in [-0.4, -0.2) is 11.1 Å². The molecule has 1 N–H and O–H groups in total. The third kappa shape index (κ3) is 5.28. The first kappa shape index (κ1) is 22.3. The Morgan fingerprint density at radius 3 is 2.56 bits per heavy atom. The third-order valence-corrected chi connectivity index (χ3v) is 5.60. The molecule has 2 aromatic rings. The average molecular weight is 440 g/mol. The second kappa shape index (κ2) is 9.95. The fourth-order valence-corrected chi connectivity index (χ4v) is 4.09. The molecule has 0 saturated heterocycles. The van der Waals surface area contributed by atoms with Gasteiger partial charge in [0.25, 0.3) is 0 Å². The third-order valence-electron chi connectivity index (χ3n) is 5.60. The molecular formula is C23H27O3Y-. The quantitative estimate of drug-likeness (QED) is 0.637. The number of rotatable bonds is 6. The topological polar surface area (TPSA) is 46.5 Å². The zero-order chi connectivity index (χ0) is 18.7. The number of benzene rings is 2. The Labute approximate surface area is 187 Å². The van der Waals surface area contributed by atoms with Crippen LogP contribution in [0.25, 0.3) is 0 Å². The van der Waals surface area contributed by atoms with Crippen LogP contribution in [0.4, 0.5) is 0 Å². The molecule has 141 valence electrons.